The molecule has 1 aromatic carbocycles. The van der Waals surface area contributed by atoms with Crippen molar-refractivity contribution in [1.29, 1.82) is 0 Å². The van der Waals surface area contributed by atoms with Crippen molar-refractivity contribution in [1.82, 2.24) is 10.2 Å². The first-order chi connectivity index (χ1) is 11.2. The maximum atomic E-state index is 12.4. The number of nitrogens with zero attached hydrogens (tertiary/aromatic N) is 1. The average molecular weight is 320 g/mol. The molecule has 124 valence electrons. The van der Waals surface area contributed by atoms with E-state index in [1.54, 1.807) is 30.2 Å². The minimum absolute atomic E-state index is 0.00385. The van der Waals surface area contributed by atoms with E-state index in [1.165, 1.54) is 0 Å². The number of likely N-dealkylation sites (tertiary alicyclic amines) is 1. The third kappa shape index (κ3) is 3.39. The number of rotatable bonds is 6. The summed E-state index contributed by atoms with van der Waals surface area (Å²) in [7, 11) is 1.63. The third-order valence-electron chi connectivity index (χ3n) is 3.98. The Morgan fingerprint density at radius 1 is 1.30 bits per heavy atom. The van der Waals surface area contributed by atoms with Gasteiger partial charge in [-0.05, 0) is 24.6 Å². The van der Waals surface area contributed by atoms with Crippen molar-refractivity contribution in [3.63, 3.8) is 0 Å². The van der Waals surface area contributed by atoms with Crippen molar-refractivity contribution >= 4 is 11.8 Å². The monoisotopic (exact) mass is 320 g/mol. The van der Waals surface area contributed by atoms with Gasteiger partial charge in [0.15, 0.2) is 11.5 Å². The minimum Gasteiger partial charge on any atom is -0.454 e. The lowest BCUT2D eigenvalue weighted by Gasteiger charge is -2.38. The normalized spacial score (nSPS) is 16.1. The molecule has 1 N–H and O–H groups in total. The molecular formula is C16H20N2O5. The Kier molecular flexibility index (Phi) is 4.66. The summed E-state index contributed by atoms with van der Waals surface area (Å²) in [6, 6.07) is 5.13. The zero-order valence-corrected chi connectivity index (χ0v) is 13.0. The fourth-order valence-corrected chi connectivity index (χ4v) is 2.59. The van der Waals surface area contributed by atoms with Gasteiger partial charge in [-0.15, -0.1) is 0 Å². The van der Waals surface area contributed by atoms with Gasteiger partial charge in [0.25, 0.3) is 5.91 Å². The molecule has 1 aromatic rings. The number of carbonyl (C=O) groups excluding carboxylic acids is 2. The molecule has 2 amide bonds. The number of hydrogen-bond donors (Lipinski definition) is 1. The van der Waals surface area contributed by atoms with Gasteiger partial charge in [0.1, 0.15) is 0 Å². The number of benzene rings is 1. The van der Waals surface area contributed by atoms with Crippen LogP contribution in [-0.2, 0) is 9.53 Å². The zero-order valence-electron chi connectivity index (χ0n) is 13.0. The van der Waals surface area contributed by atoms with Crippen LogP contribution in [0.1, 0.15) is 16.8 Å². The van der Waals surface area contributed by atoms with Crippen molar-refractivity contribution in [3.8, 4) is 11.5 Å². The Morgan fingerprint density at radius 3 is 2.87 bits per heavy atom. The van der Waals surface area contributed by atoms with E-state index in [0.717, 1.165) is 6.42 Å². The molecule has 1 saturated heterocycles. The molecule has 1 fully saturated rings. The maximum Gasteiger partial charge on any atom is 0.254 e. The fraction of sp³-hybridized carbons (Fsp3) is 0.500. The molecule has 7 heteroatoms. The van der Waals surface area contributed by atoms with E-state index in [0.29, 0.717) is 43.3 Å². The highest BCUT2D eigenvalue weighted by molar-refractivity contribution is 5.96. The van der Waals surface area contributed by atoms with Crippen molar-refractivity contribution in [3.05, 3.63) is 23.8 Å². The number of methoxy groups -OCH3 is 1. The van der Waals surface area contributed by atoms with Crippen LogP contribution < -0.4 is 14.8 Å². The summed E-state index contributed by atoms with van der Waals surface area (Å²) in [4.78, 5) is 26.0. The molecule has 0 radical (unpaired) electrons. The van der Waals surface area contributed by atoms with E-state index in [1.807, 2.05) is 0 Å². The standard InChI is InChI=1S/C16H20N2O5/c1-21-6-2-5-17-15(19)12-8-18(9-12)16(20)11-3-4-13-14(7-11)23-10-22-13/h3-4,7,12H,2,5-6,8-10H2,1H3,(H,17,19). The summed E-state index contributed by atoms with van der Waals surface area (Å²) in [5.41, 5.74) is 0.549. The quantitative estimate of drug-likeness (QED) is 0.779. The molecule has 3 rings (SSSR count). The topological polar surface area (TPSA) is 77.1 Å². The van der Waals surface area contributed by atoms with Gasteiger partial charge in [-0.1, -0.05) is 0 Å². The first-order valence-electron chi connectivity index (χ1n) is 7.64. The van der Waals surface area contributed by atoms with Crippen LogP contribution in [0.4, 0.5) is 0 Å². The SMILES string of the molecule is COCCCNC(=O)C1CN(C(=O)c2ccc3c(c2)OCO3)C1. The Balaban J connectivity index is 1.47. The predicted molar refractivity (Wildman–Crippen MR) is 81.5 cm³/mol. The highest BCUT2D eigenvalue weighted by Crippen LogP contribution is 2.33. The Morgan fingerprint density at radius 2 is 2.09 bits per heavy atom. The van der Waals surface area contributed by atoms with Crippen LogP contribution in [0, 0.1) is 5.92 Å². The molecule has 0 bridgehead atoms. The van der Waals surface area contributed by atoms with Gasteiger partial charge >= 0.3 is 0 Å². The highest BCUT2D eigenvalue weighted by atomic mass is 16.7. The molecule has 2 aliphatic rings. The summed E-state index contributed by atoms with van der Waals surface area (Å²) in [5.74, 6) is 1.01. The lowest BCUT2D eigenvalue weighted by atomic mass is 9.97. The highest BCUT2D eigenvalue weighted by Gasteiger charge is 2.36. The van der Waals surface area contributed by atoms with Crippen molar-refractivity contribution in [2.75, 3.05) is 40.1 Å². The molecule has 0 atom stereocenters. The zero-order chi connectivity index (χ0) is 16.2. The van der Waals surface area contributed by atoms with Gasteiger partial charge in [-0.2, -0.15) is 0 Å². The smallest absolute Gasteiger partial charge is 0.254 e. The van der Waals surface area contributed by atoms with Gasteiger partial charge < -0.3 is 24.4 Å². The van der Waals surface area contributed by atoms with Crippen LogP contribution in [0.2, 0.25) is 0 Å². The van der Waals surface area contributed by atoms with E-state index in [4.69, 9.17) is 14.2 Å². The predicted octanol–water partition coefficient (Wildman–Crippen LogP) is 0.640. The van der Waals surface area contributed by atoms with Crippen molar-refractivity contribution < 1.29 is 23.8 Å². The molecule has 0 unspecified atom stereocenters. The first-order valence-corrected chi connectivity index (χ1v) is 7.64. The van der Waals surface area contributed by atoms with Crippen molar-refractivity contribution in [2.45, 2.75) is 6.42 Å². The Labute approximate surface area is 134 Å². The second kappa shape index (κ2) is 6.87. The van der Waals surface area contributed by atoms with Crippen LogP contribution >= 0.6 is 0 Å². The van der Waals surface area contributed by atoms with Gasteiger partial charge in [0.05, 0.1) is 5.92 Å². The molecule has 0 aromatic heterocycles. The number of hydrogen-bond acceptors (Lipinski definition) is 5. The molecular weight excluding hydrogens is 300 g/mol. The fourth-order valence-electron chi connectivity index (χ4n) is 2.59. The molecule has 0 spiro atoms. The summed E-state index contributed by atoms with van der Waals surface area (Å²) in [5, 5.41) is 2.86. The number of nitrogens with one attached hydrogen (secondary N) is 1. The van der Waals surface area contributed by atoms with Gasteiger partial charge in [0, 0.05) is 38.9 Å². The lowest BCUT2D eigenvalue weighted by molar-refractivity contribution is -0.129. The molecule has 0 aliphatic carbocycles. The van der Waals surface area contributed by atoms with Crippen molar-refractivity contribution in [2.24, 2.45) is 5.92 Å². The summed E-state index contributed by atoms with van der Waals surface area (Å²) in [6.07, 6.45) is 0.787. The van der Waals surface area contributed by atoms with Crippen LogP contribution in [0.5, 0.6) is 11.5 Å². The van der Waals surface area contributed by atoms with Crippen LogP contribution in [0.25, 0.3) is 0 Å². The Hall–Kier alpha value is -2.28. The minimum atomic E-state index is -0.129. The van der Waals surface area contributed by atoms with Gasteiger partial charge in [0.2, 0.25) is 12.7 Å². The van der Waals surface area contributed by atoms with Crippen LogP contribution in [0.15, 0.2) is 18.2 Å². The maximum absolute atomic E-state index is 12.4. The summed E-state index contributed by atoms with van der Waals surface area (Å²) >= 11 is 0. The van der Waals surface area contributed by atoms with Gasteiger partial charge in [-0.25, -0.2) is 0 Å². The second-order valence-electron chi connectivity index (χ2n) is 5.61. The van der Waals surface area contributed by atoms with E-state index >= 15 is 0 Å². The molecule has 0 saturated carbocycles. The number of carbonyl (C=O) groups is 2. The van der Waals surface area contributed by atoms with E-state index < -0.39 is 0 Å². The molecule has 2 heterocycles. The second-order valence-corrected chi connectivity index (χ2v) is 5.61. The van der Waals surface area contributed by atoms with E-state index in [9.17, 15) is 9.59 Å². The molecule has 2 aliphatic heterocycles. The van der Waals surface area contributed by atoms with Gasteiger partial charge in [-0.3, -0.25) is 9.59 Å². The number of fused-ring (bicyclic) bond motifs is 1. The Bertz CT molecular complexity index is 598. The summed E-state index contributed by atoms with van der Waals surface area (Å²) in [6.45, 7) is 2.30. The van der Waals surface area contributed by atoms with Crippen LogP contribution in [-0.4, -0.2) is 56.9 Å². The average Bonchev–Trinajstić information content (AvgIpc) is 2.97. The molecule has 7 nitrogen and oxygen atoms in total. The number of ether oxygens (including phenoxy) is 3. The lowest BCUT2D eigenvalue weighted by Crippen LogP contribution is -2.55. The van der Waals surface area contributed by atoms with E-state index in [2.05, 4.69) is 5.32 Å². The van der Waals surface area contributed by atoms with Crippen LogP contribution in [0.3, 0.4) is 0 Å². The summed E-state index contributed by atoms with van der Waals surface area (Å²) < 4.78 is 15.4. The molecule has 23 heavy (non-hydrogen) atoms. The third-order valence-corrected chi connectivity index (χ3v) is 3.98. The number of amides is 2. The largest absolute Gasteiger partial charge is 0.454 e. The van der Waals surface area contributed by atoms with E-state index in [-0.39, 0.29) is 24.5 Å². The first kappa shape index (κ1) is 15.6.